The summed E-state index contributed by atoms with van der Waals surface area (Å²) in [5.74, 6) is 1.08. The molecule has 0 aliphatic carbocycles. The number of rotatable bonds is 3. The molecule has 0 radical (unpaired) electrons. The molecule has 1 aromatic heterocycles. The maximum Gasteiger partial charge on any atom is 0.232 e. The fourth-order valence-electron chi connectivity index (χ4n) is 1.42. The predicted molar refractivity (Wildman–Crippen MR) is 73.3 cm³/mol. The third-order valence-corrected chi connectivity index (χ3v) is 2.98. The first-order valence-electron chi connectivity index (χ1n) is 5.18. The summed E-state index contributed by atoms with van der Waals surface area (Å²) in [6.07, 6.45) is 0. The number of halogens is 2. The van der Waals surface area contributed by atoms with Gasteiger partial charge in [-0.2, -0.15) is 15.0 Å². The molecule has 0 saturated heterocycles. The smallest absolute Gasteiger partial charge is 0.232 e. The van der Waals surface area contributed by atoms with E-state index in [9.17, 15) is 0 Å². The lowest BCUT2D eigenvalue weighted by molar-refractivity contribution is 0.978. The van der Waals surface area contributed by atoms with E-state index in [1.54, 1.807) is 0 Å². The molecule has 3 N–H and O–H groups in total. The zero-order valence-electron chi connectivity index (χ0n) is 9.61. The quantitative estimate of drug-likeness (QED) is 0.847. The van der Waals surface area contributed by atoms with Crippen molar-refractivity contribution in [3.63, 3.8) is 0 Å². The fourth-order valence-corrected chi connectivity index (χ4v) is 1.71. The molecule has 18 heavy (non-hydrogen) atoms. The standard InChI is InChI=1S/C11H11Cl2N5/c1-6-7(13)3-2-4-8(6)15-11-17-9(5-12)16-10(14)18-11/h2-4H,5H2,1H3,(H3,14,15,16,17,18). The molecule has 0 aliphatic heterocycles. The van der Waals surface area contributed by atoms with Crippen LogP contribution in [0, 0.1) is 6.92 Å². The largest absolute Gasteiger partial charge is 0.368 e. The predicted octanol–water partition coefficient (Wildman–Crippen LogP) is 2.90. The summed E-state index contributed by atoms with van der Waals surface area (Å²) in [4.78, 5) is 12.0. The van der Waals surface area contributed by atoms with Gasteiger partial charge in [0, 0.05) is 10.7 Å². The van der Waals surface area contributed by atoms with Crippen molar-refractivity contribution in [2.24, 2.45) is 0 Å². The summed E-state index contributed by atoms with van der Waals surface area (Å²) < 4.78 is 0. The molecule has 0 fully saturated rings. The summed E-state index contributed by atoms with van der Waals surface area (Å²) in [6.45, 7) is 1.90. The molecule has 1 heterocycles. The second-order valence-corrected chi connectivity index (χ2v) is 4.28. The molecule has 1 aromatic carbocycles. The van der Waals surface area contributed by atoms with Crippen LogP contribution in [-0.2, 0) is 5.88 Å². The minimum absolute atomic E-state index is 0.128. The Kier molecular flexibility index (Phi) is 3.84. The van der Waals surface area contributed by atoms with Gasteiger partial charge in [-0.25, -0.2) is 0 Å². The number of nitrogens with zero attached hydrogens (tertiary/aromatic N) is 3. The van der Waals surface area contributed by atoms with Gasteiger partial charge in [0.25, 0.3) is 0 Å². The molecule has 2 rings (SSSR count). The zero-order valence-corrected chi connectivity index (χ0v) is 11.1. The van der Waals surface area contributed by atoms with Crippen LogP contribution < -0.4 is 11.1 Å². The monoisotopic (exact) mass is 283 g/mol. The number of nitrogens with one attached hydrogen (secondary N) is 1. The number of nitrogens with two attached hydrogens (primary N) is 1. The Balaban J connectivity index is 2.34. The lowest BCUT2D eigenvalue weighted by Crippen LogP contribution is -2.06. The van der Waals surface area contributed by atoms with Crippen molar-refractivity contribution >= 4 is 40.8 Å². The number of aromatic nitrogens is 3. The first kappa shape index (κ1) is 12.9. The van der Waals surface area contributed by atoms with Crippen LogP contribution >= 0.6 is 23.2 Å². The van der Waals surface area contributed by atoms with Crippen LogP contribution in [0.25, 0.3) is 0 Å². The summed E-state index contributed by atoms with van der Waals surface area (Å²) in [6, 6.07) is 5.53. The molecule has 0 amide bonds. The van der Waals surface area contributed by atoms with E-state index in [1.165, 1.54) is 0 Å². The lowest BCUT2D eigenvalue weighted by atomic mass is 10.2. The third kappa shape index (κ3) is 2.80. The molecule has 94 valence electrons. The third-order valence-electron chi connectivity index (χ3n) is 2.33. The van der Waals surface area contributed by atoms with E-state index in [0.717, 1.165) is 11.3 Å². The Morgan fingerprint density at radius 1 is 1.28 bits per heavy atom. The Labute approximate surface area is 114 Å². The van der Waals surface area contributed by atoms with Crippen LogP contribution in [0.4, 0.5) is 17.6 Å². The first-order valence-corrected chi connectivity index (χ1v) is 6.10. The highest BCUT2D eigenvalue weighted by Crippen LogP contribution is 2.25. The molecule has 0 saturated carbocycles. The number of hydrogen-bond donors (Lipinski definition) is 2. The van der Waals surface area contributed by atoms with Crippen LogP contribution in [0.5, 0.6) is 0 Å². The van der Waals surface area contributed by atoms with E-state index in [1.807, 2.05) is 25.1 Å². The van der Waals surface area contributed by atoms with Gasteiger partial charge in [0.2, 0.25) is 11.9 Å². The first-order chi connectivity index (χ1) is 8.60. The summed E-state index contributed by atoms with van der Waals surface area (Å²) >= 11 is 11.7. The van der Waals surface area contributed by atoms with Crippen LogP contribution in [0.1, 0.15) is 11.4 Å². The highest BCUT2D eigenvalue weighted by Gasteiger charge is 2.07. The van der Waals surface area contributed by atoms with Crippen molar-refractivity contribution in [1.82, 2.24) is 15.0 Å². The van der Waals surface area contributed by atoms with Crippen LogP contribution in [0.15, 0.2) is 18.2 Å². The van der Waals surface area contributed by atoms with Gasteiger partial charge in [-0.05, 0) is 24.6 Å². The molecule has 2 aromatic rings. The molecular formula is C11H11Cl2N5. The lowest BCUT2D eigenvalue weighted by Gasteiger charge is -2.09. The van der Waals surface area contributed by atoms with E-state index < -0.39 is 0 Å². The summed E-state index contributed by atoms with van der Waals surface area (Å²) in [5, 5.41) is 3.71. The van der Waals surface area contributed by atoms with Gasteiger partial charge in [0.1, 0.15) is 0 Å². The molecule has 7 heteroatoms. The highest BCUT2D eigenvalue weighted by molar-refractivity contribution is 6.31. The average molecular weight is 284 g/mol. The average Bonchev–Trinajstić information content (AvgIpc) is 2.34. The summed E-state index contributed by atoms with van der Waals surface area (Å²) in [7, 11) is 0. The minimum atomic E-state index is 0.128. The minimum Gasteiger partial charge on any atom is -0.368 e. The maximum absolute atomic E-state index is 6.03. The SMILES string of the molecule is Cc1c(Cl)cccc1Nc1nc(N)nc(CCl)n1. The Bertz CT molecular complexity index is 573. The zero-order chi connectivity index (χ0) is 13.1. The molecule has 0 spiro atoms. The molecular weight excluding hydrogens is 273 g/mol. The number of nitrogen functional groups attached to an aromatic ring is 1. The van der Waals surface area contributed by atoms with E-state index in [2.05, 4.69) is 20.3 Å². The number of benzene rings is 1. The van der Waals surface area contributed by atoms with Crippen molar-refractivity contribution in [3.05, 3.63) is 34.6 Å². The summed E-state index contributed by atoms with van der Waals surface area (Å²) in [5.41, 5.74) is 7.29. The second kappa shape index (κ2) is 5.37. The van der Waals surface area contributed by atoms with Gasteiger partial charge < -0.3 is 11.1 Å². The molecule has 5 nitrogen and oxygen atoms in total. The van der Waals surface area contributed by atoms with Crippen molar-refractivity contribution in [2.75, 3.05) is 11.1 Å². The van der Waals surface area contributed by atoms with Crippen molar-refractivity contribution in [3.8, 4) is 0 Å². The molecule has 0 aliphatic rings. The van der Waals surface area contributed by atoms with Crippen LogP contribution in [-0.4, -0.2) is 15.0 Å². The van der Waals surface area contributed by atoms with E-state index in [4.69, 9.17) is 28.9 Å². The Morgan fingerprint density at radius 3 is 2.78 bits per heavy atom. The van der Waals surface area contributed by atoms with Gasteiger partial charge in [0.05, 0.1) is 5.88 Å². The van der Waals surface area contributed by atoms with Crippen LogP contribution in [0.2, 0.25) is 5.02 Å². The fraction of sp³-hybridized carbons (Fsp3) is 0.182. The normalized spacial score (nSPS) is 10.4. The van der Waals surface area contributed by atoms with Crippen molar-refractivity contribution in [2.45, 2.75) is 12.8 Å². The van der Waals surface area contributed by atoms with Gasteiger partial charge in [-0.15, -0.1) is 11.6 Å². The number of anilines is 3. The van der Waals surface area contributed by atoms with E-state index in [0.29, 0.717) is 16.8 Å². The second-order valence-electron chi connectivity index (χ2n) is 3.60. The number of hydrogen-bond acceptors (Lipinski definition) is 5. The van der Waals surface area contributed by atoms with Gasteiger partial charge >= 0.3 is 0 Å². The van der Waals surface area contributed by atoms with Gasteiger partial charge in [0.15, 0.2) is 5.82 Å². The van der Waals surface area contributed by atoms with Gasteiger partial charge in [-0.3, -0.25) is 0 Å². The molecule has 0 atom stereocenters. The Morgan fingerprint density at radius 2 is 2.06 bits per heavy atom. The number of alkyl halides is 1. The highest BCUT2D eigenvalue weighted by atomic mass is 35.5. The molecule has 0 bridgehead atoms. The maximum atomic E-state index is 6.03. The molecule has 0 unspecified atom stereocenters. The topological polar surface area (TPSA) is 76.7 Å². The van der Waals surface area contributed by atoms with Gasteiger partial charge in [-0.1, -0.05) is 17.7 Å². The van der Waals surface area contributed by atoms with Crippen LogP contribution in [0.3, 0.4) is 0 Å². The van der Waals surface area contributed by atoms with Crippen molar-refractivity contribution < 1.29 is 0 Å². The van der Waals surface area contributed by atoms with Crippen molar-refractivity contribution in [1.29, 1.82) is 0 Å². The van der Waals surface area contributed by atoms with E-state index in [-0.39, 0.29) is 11.8 Å². The Hall–Kier alpha value is -1.59. The van der Waals surface area contributed by atoms with E-state index >= 15 is 0 Å².